The molecule has 1 nitrogen and oxygen atoms in total. The van der Waals surface area contributed by atoms with E-state index in [1.165, 1.54) is 22.3 Å². The van der Waals surface area contributed by atoms with E-state index >= 15 is 0 Å². The van der Waals surface area contributed by atoms with Crippen LogP contribution in [0.2, 0.25) is 0 Å². The van der Waals surface area contributed by atoms with Gasteiger partial charge in [0.05, 0.1) is 0 Å². The summed E-state index contributed by atoms with van der Waals surface area (Å²) in [6.45, 7) is 4.32. The lowest BCUT2D eigenvalue weighted by Crippen LogP contribution is -3.00. The minimum Gasteiger partial charge on any atom is -1.00 e. The predicted molar refractivity (Wildman–Crippen MR) is 67.1 cm³/mol. The van der Waals surface area contributed by atoms with Crippen molar-refractivity contribution in [3.05, 3.63) is 70.8 Å². The monoisotopic (exact) mass is 247 g/mol. The van der Waals surface area contributed by atoms with Crippen LogP contribution < -0.4 is 18.1 Å². The van der Waals surface area contributed by atoms with Crippen LogP contribution in [0.5, 0.6) is 0 Å². The van der Waals surface area contributed by atoms with Crippen molar-refractivity contribution in [3.63, 3.8) is 0 Å². The van der Waals surface area contributed by atoms with Gasteiger partial charge in [0.1, 0.15) is 6.04 Å². The molecule has 17 heavy (non-hydrogen) atoms. The van der Waals surface area contributed by atoms with Gasteiger partial charge in [-0.25, -0.2) is 0 Å². The van der Waals surface area contributed by atoms with Gasteiger partial charge in [-0.2, -0.15) is 0 Å². The third-order valence-corrected chi connectivity index (χ3v) is 3.22. The number of hydrogen-bond donors (Lipinski definition) is 1. The molecule has 0 fully saturated rings. The van der Waals surface area contributed by atoms with Gasteiger partial charge in [-0.15, -0.1) is 0 Å². The zero-order chi connectivity index (χ0) is 11.5. The molecule has 2 aromatic carbocycles. The van der Waals surface area contributed by atoms with Crippen LogP contribution in [0, 0.1) is 13.8 Å². The highest BCUT2D eigenvalue weighted by Gasteiger charge is 2.14. The van der Waals surface area contributed by atoms with Crippen molar-refractivity contribution in [2.45, 2.75) is 19.9 Å². The first kappa shape index (κ1) is 13.8. The molecule has 0 saturated carbocycles. The fraction of sp³-hybridized carbons (Fsp3) is 0.200. The van der Waals surface area contributed by atoms with Crippen LogP contribution in [0.4, 0.5) is 0 Å². The van der Waals surface area contributed by atoms with Gasteiger partial charge in [0.2, 0.25) is 0 Å². The average Bonchev–Trinajstić information content (AvgIpc) is 2.33. The van der Waals surface area contributed by atoms with Gasteiger partial charge in [0.15, 0.2) is 0 Å². The van der Waals surface area contributed by atoms with Crippen molar-refractivity contribution in [2.24, 2.45) is 0 Å². The molecule has 0 radical (unpaired) electrons. The standard InChI is InChI=1S/C15H17N.ClH/c1-11-7-6-10-14(12(11)2)15(16)13-8-4-3-5-9-13;/h3-10,15H,16H2,1-2H3;1H. The fourth-order valence-electron chi connectivity index (χ4n) is 2.02. The van der Waals surface area contributed by atoms with Crippen LogP contribution in [-0.2, 0) is 0 Å². The molecule has 2 heteroatoms. The Kier molecular flexibility index (Phi) is 4.73. The molecule has 1 atom stereocenters. The van der Waals surface area contributed by atoms with Crippen LogP contribution in [0.25, 0.3) is 0 Å². The van der Waals surface area contributed by atoms with E-state index in [1.54, 1.807) is 0 Å². The van der Waals surface area contributed by atoms with Gasteiger partial charge in [0, 0.05) is 11.1 Å². The maximum Gasteiger partial charge on any atom is 0.136 e. The molecule has 2 aromatic rings. The van der Waals surface area contributed by atoms with Gasteiger partial charge in [0.25, 0.3) is 0 Å². The summed E-state index contributed by atoms with van der Waals surface area (Å²) >= 11 is 0. The summed E-state index contributed by atoms with van der Waals surface area (Å²) in [6, 6.07) is 17.1. The number of aryl methyl sites for hydroxylation is 1. The smallest absolute Gasteiger partial charge is 0.136 e. The zero-order valence-corrected chi connectivity index (χ0v) is 11.0. The SMILES string of the molecule is Cc1cccc(C([NH3+])c2ccccc2)c1C.[Cl-]. The molecule has 3 N–H and O–H groups in total. The number of rotatable bonds is 2. The van der Waals surface area contributed by atoms with E-state index in [0.717, 1.165) is 0 Å². The molecule has 0 aliphatic heterocycles. The van der Waals surface area contributed by atoms with Crippen LogP contribution >= 0.6 is 0 Å². The summed E-state index contributed by atoms with van der Waals surface area (Å²) in [6.07, 6.45) is 0. The van der Waals surface area contributed by atoms with Crippen molar-refractivity contribution in [1.29, 1.82) is 0 Å². The molecule has 0 bridgehead atoms. The van der Waals surface area contributed by atoms with Crippen LogP contribution in [0.1, 0.15) is 28.3 Å². The number of quaternary nitrogens is 1. The normalized spacial score (nSPS) is 11.7. The highest BCUT2D eigenvalue weighted by Crippen LogP contribution is 2.22. The Morgan fingerprint density at radius 2 is 1.53 bits per heavy atom. The van der Waals surface area contributed by atoms with E-state index in [-0.39, 0.29) is 18.4 Å². The van der Waals surface area contributed by atoms with Crippen LogP contribution in [0.15, 0.2) is 48.5 Å². The maximum atomic E-state index is 4.28. The summed E-state index contributed by atoms with van der Waals surface area (Å²) in [5.41, 5.74) is 9.57. The van der Waals surface area contributed by atoms with Gasteiger partial charge >= 0.3 is 0 Å². The number of hydrogen-bond acceptors (Lipinski definition) is 0. The van der Waals surface area contributed by atoms with Gasteiger partial charge in [-0.1, -0.05) is 48.5 Å². The van der Waals surface area contributed by atoms with Crippen LogP contribution in [-0.4, -0.2) is 0 Å². The van der Waals surface area contributed by atoms with Crippen molar-refractivity contribution >= 4 is 0 Å². The molecule has 1 unspecified atom stereocenters. The minimum atomic E-state index is 0. The molecule has 2 rings (SSSR count). The number of halogens is 1. The Hall–Kier alpha value is -1.31. The summed E-state index contributed by atoms with van der Waals surface area (Å²) < 4.78 is 0. The molecular formula is C15H18ClN. The Balaban J connectivity index is 0.00000144. The van der Waals surface area contributed by atoms with E-state index < -0.39 is 0 Å². The van der Waals surface area contributed by atoms with Crippen LogP contribution in [0.3, 0.4) is 0 Å². The highest BCUT2D eigenvalue weighted by molar-refractivity contribution is 5.38. The molecule has 0 spiro atoms. The lowest BCUT2D eigenvalue weighted by molar-refractivity contribution is -0.411. The van der Waals surface area contributed by atoms with Crippen molar-refractivity contribution in [3.8, 4) is 0 Å². The second-order valence-corrected chi connectivity index (χ2v) is 4.25. The first-order valence-electron chi connectivity index (χ1n) is 5.64. The third-order valence-electron chi connectivity index (χ3n) is 3.22. The quantitative estimate of drug-likeness (QED) is 0.751. The topological polar surface area (TPSA) is 27.6 Å². The van der Waals surface area contributed by atoms with E-state index in [1.807, 2.05) is 6.07 Å². The lowest BCUT2D eigenvalue weighted by Gasteiger charge is -2.13. The molecule has 0 aliphatic carbocycles. The molecule has 0 amide bonds. The maximum absolute atomic E-state index is 4.28. The molecule has 0 heterocycles. The second-order valence-electron chi connectivity index (χ2n) is 4.25. The average molecular weight is 248 g/mol. The van der Waals surface area contributed by atoms with Gasteiger partial charge < -0.3 is 18.1 Å². The first-order chi connectivity index (χ1) is 7.70. The second kappa shape index (κ2) is 5.85. The largest absolute Gasteiger partial charge is 1.00 e. The Labute approximate surface area is 109 Å². The molecule has 0 aromatic heterocycles. The summed E-state index contributed by atoms with van der Waals surface area (Å²) in [5, 5.41) is 0. The zero-order valence-electron chi connectivity index (χ0n) is 10.3. The van der Waals surface area contributed by atoms with E-state index in [4.69, 9.17) is 0 Å². The molecule has 90 valence electrons. The van der Waals surface area contributed by atoms with Gasteiger partial charge in [-0.3, -0.25) is 0 Å². The highest BCUT2D eigenvalue weighted by atomic mass is 35.5. The summed E-state index contributed by atoms with van der Waals surface area (Å²) in [7, 11) is 0. The Bertz CT molecular complexity index is 480. The van der Waals surface area contributed by atoms with E-state index in [9.17, 15) is 0 Å². The van der Waals surface area contributed by atoms with Crippen molar-refractivity contribution < 1.29 is 18.1 Å². The predicted octanol–water partition coefficient (Wildman–Crippen LogP) is -0.361. The summed E-state index contributed by atoms with van der Waals surface area (Å²) in [5.74, 6) is 0. The number of benzene rings is 2. The molecular weight excluding hydrogens is 230 g/mol. The van der Waals surface area contributed by atoms with Crippen molar-refractivity contribution in [2.75, 3.05) is 0 Å². The Morgan fingerprint density at radius 1 is 0.882 bits per heavy atom. The lowest BCUT2D eigenvalue weighted by atomic mass is 9.93. The molecule has 0 aliphatic rings. The van der Waals surface area contributed by atoms with Crippen molar-refractivity contribution in [1.82, 2.24) is 0 Å². The van der Waals surface area contributed by atoms with E-state index in [2.05, 4.69) is 62.0 Å². The summed E-state index contributed by atoms with van der Waals surface area (Å²) in [4.78, 5) is 0. The third kappa shape index (κ3) is 2.87. The fourth-order valence-corrected chi connectivity index (χ4v) is 2.02. The molecule has 0 saturated heterocycles. The Morgan fingerprint density at radius 3 is 2.18 bits per heavy atom. The van der Waals surface area contributed by atoms with Gasteiger partial charge in [-0.05, 0) is 25.0 Å². The van der Waals surface area contributed by atoms with E-state index in [0.29, 0.717) is 0 Å². The minimum absolute atomic E-state index is 0. The first-order valence-corrected chi connectivity index (χ1v) is 5.64.